The van der Waals surface area contributed by atoms with E-state index in [0.29, 0.717) is 11.0 Å². The molecule has 0 amide bonds. The van der Waals surface area contributed by atoms with Gasteiger partial charge in [-0.1, -0.05) is 0 Å². The minimum Gasteiger partial charge on any atom is -1.00 e. The SMILES string of the molecule is C[N+](C)(C)CCOS(=O)(=O)O.[H-].[Na+]. The summed E-state index contributed by atoms with van der Waals surface area (Å²) >= 11 is 0. The van der Waals surface area contributed by atoms with Gasteiger partial charge in [-0.15, -0.1) is 0 Å². The van der Waals surface area contributed by atoms with E-state index in [-0.39, 0.29) is 37.6 Å². The monoisotopic (exact) mass is 208 g/mol. The molecule has 0 fully saturated rings. The van der Waals surface area contributed by atoms with Gasteiger partial charge < -0.3 is 5.91 Å². The Morgan fingerprint density at radius 1 is 1.42 bits per heavy atom. The molecular formula is C5H15NNaO4S+. The van der Waals surface area contributed by atoms with E-state index in [1.54, 1.807) is 0 Å². The molecule has 0 bridgehead atoms. The third kappa shape index (κ3) is 13.4. The van der Waals surface area contributed by atoms with E-state index in [1.165, 1.54) is 0 Å². The third-order valence-electron chi connectivity index (χ3n) is 0.994. The molecule has 0 saturated heterocycles. The maximum atomic E-state index is 10.0. The standard InChI is InChI=1S/C5H13NO4S.Na.H/c1-6(2,3)4-5-10-11(7,8)9;;/h4-5H2,1-3H3;;/q;+1;-1/p+1. The van der Waals surface area contributed by atoms with E-state index in [2.05, 4.69) is 4.18 Å². The van der Waals surface area contributed by atoms with Gasteiger partial charge in [0.15, 0.2) is 0 Å². The Labute approximate surface area is 97.0 Å². The zero-order chi connectivity index (χ0) is 9.12. The Morgan fingerprint density at radius 2 is 1.83 bits per heavy atom. The molecule has 0 aromatic carbocycles. The molecule has 0 aliphatic heterocycles. The summed E-state index contributed by atoms with van der Waals surface area (Å²) in [4.78, 5) is 0. The molecule has 7 heteroatoms. The predicted molar refractivity (Wildman–Crippen MR) is 41.5 cm³/mol. The van der Waals surface area contributed by atoms with Crippen LogP contribution in [0.5, 0.6) is 0 Å². The first-order valence-electron chi connectivity index (χ1n) is 3.13. The number of hydrogen-bond donors (Lipinski definition) is 1. The van der Waals surface area contributed by atoms with Crippen molar-refractivity contribution in [2.45, 2.75) is 0 Å². The van der Waals surface area contributed by atoms with E-state index in [9.17, 15) is 8.42 Å². The van der Waals surface area contributed by atoms with Gasteiger partial charge in [0.25, 0.3) is 0 Å². The smallest absolute Gasteiger partial charge is 1.00 e. The van der Waals surface area contributed by atoms with Crippen LogP contribution < -0.4 is 29.6 Å². The molecule has 0 radical (unpaired) electrons. The van der Waals surface area contributed by atoms with Gasteiger partial charge in [0.05, 0.1) is 21.1 Å². The van der Waals surface area contributed by atoms with Crippen LogP contribution in [0, 0.1) is 0 Å². The van der Waals surface area contributed by atoms with Crippen LogP contribution in [0.1, 0.15) is 1.43 Å². The van der Waals surface area contributed by atoms with Crippen LogP contribution in [0.4, 0.5) is 0 Å². The normalized spacial score (nSPS) is 12.3. The number of likely N-dealkylation sites (N-methyl/N-ethyl adjacent to an activating group) is 1. The molecule has 0 aromatic rings. The Morgan fingerprint density at radius 3 is 2.08 bits per heavy atom. The molecule has 0 heterocycles. The summed E-state index contributed by atoms with van der Waals surface area (Å²) in [6.45, 7) is 0.530. The van der Waals surface area contributed by atoms with Crippen molar-refractivity contribution in [3.8, 4) is 0 Å². The maximum Gasteiger partial charge on any atom is 1.00 e. The molecule has 0 atom stereocenters. The summed E-state index contributed by atoms with van der Waals surface area (Å²) in [6.07, 6.45) is 0. The van der Waals surface area contributed by atoms with Crippen molar-refractivity contribution in [2.75, 3.05) is 34.3 Å². The van der Waals surface area contributed by atoms with Gasteiger partial charge in [-0.3, -0.25) is 4.55 Å². The van der Waals surface area contributed by atoms with Crippen LogP contribution in [0.2, 0.25) is 0 Å². The Balaban J connectivity index is -0.000000500. The molecule has 70 valence electrons. The van der Waals surface area contributed by atoms with Crippen molar-refractivity contribution in [2.24, 2.45) is 0 Å². The fourth-order valence-electron chi connectivity index (χ4n) is 0.416. The summed E-state index contributed by atoms with van der Waals surface area (Å²) in [5.74, 6) is 0. The second-order valence-corrected chi connectivity index (χ2v) is 4.35. The fraction of sp³-hybridized carbons (Fsp3) is 1.00. The van der Waals surface area contributed by atoms with Crippen molar-refractivity contribution in [1.29, 1.82) is 0 Å². The Hall–Kier alpha value is 0.830. The predicted octanol–water partition coefficient (Wildman–Crippen LogP) is -3.37. The summed E-state index contributed by atoms with van der Waals surface area (Å²) in [7, 11) is 1.43. The second kappa shape index (κ2) is 5.54. The van der Waals surface area contributed by atoms with Crippen LogP contribution in [0.25, 0.3) is 0 Å². The largest absolute Gasteiger partial charge is 1.00 e. The molecule has 0 saturated carbocycles. The van der Waals surface area contributed by atoms with Crippen molar-refractivity contribution < 1.29 is 52.6 Å². The summed E-state index contributed by atoms with van der Waals surface area (Å²) < 4.78 is 33.0. The fourth-order valence-corrected chi connectivity index (χ4v) is 0.702. The van der Waals surface area contributed by atoms with Gasteiger partial charge in [-0.05, 0) is 0 Å². The first-order valence-corrected chi connectivity index (χ1v) is 4.49. The Bertz CT molecular complexity index is 213. The molecule has 0 rings (SSSR count). The second-order valence-electron chi connectivity index (χ2n) is 3.26. The first kappa shape index (κ1) is 15.3. The molecule has 0 spiro atoms. The molecule has 1 N–H and O–H groups in total. The van der Waals surface area contributed by atoms with E-state index < -0.39 is 10.4 Å². The minimum absolute atomic E-state index is 0. The van der Waals surface area contributed by atoms with Crippen LogP contribution in [-0.4, -0.2) is 51.7 Å². The van der Waals surface area contributed by atoms with Gasteiger partial charge in [-0.25, -0.2) is 4.18 Å². The van der Waals surface area contributed by atoms with Crippen molar-refractivity contribution in [3.63, 3.8) is 0 Å². The van der Waals surface area contributed by atoms with E-state index in [0.717, 1.165) is 0 Å². The summed E-state index contributed by atoms with van der Waals surface area (Å²) in [5, 5.41) is 0. The number of rotatable bonds is 4. The van der Waals surface area contributed by atoms with Crippen LogP contribution in [0.15, 0.2) is 0 Å². The van der Waals surface area contributed by atoms with Crippen molar-refractivity contribution in [3.05, 3.63) is 0 Å². The van der Waals surface area contributed by atoms with Crippen molar-refractivity contribution >= 4 is 10.4 Å². The van der Waals surface area contributed by atoms with Gasteiger partial charge in [0.1, 0.15) is 13.2 Å². The molecular weight excluding hydrogens is 193 g/mol. The van der Waals surface area contributed by atoms with Crippen LogP contribution in [0.3, 0.4) is 0 Å². The van der Waals surface area contributed by atoms with Crippen LogP contribution >= 0.6 is 0 Å². The quantitative estimate of drug-likeness (QED) is 0.297. The van der Waals surface area contributed by atoms with E-state index >= 15 is 0 Å². The molecule has 5 nitrogen and oxygen atoms in total. The zero-order valence-electron chi connectivity index (χ0n) is 8.94. The van der Waals surface area contributed by atoms with E-state index in [1.807, 2.05) is 21.1 Å². The molecule has 12 heavy (non-hydrogen) atoms. The van der Waals surface area contributed by atoms with Gasteiger partial charge in [-0.2, -0.15) is 8.42 Å². The average molecular weight is 208 g/mol. The van der Waals surface area contributed by atoms with Gasteiger partial charge in [0.2, 0.25) is 0 Å². The molecule has 0 aromatic heterocycles. The van der Waals surface area contributed by atoms with Crippen molar-refractivity contribution in [1.82, 2.24) is 0 Å². The summed E-state index contributed by atoms with van der Waals surface area (Å²) in [6, 6.07) is 0. The van der Waals surface area contributed by atoms with Gasteiger partial charge in [0, 0.05) is 0 Å². The van der Waals surface area contributed by atoms with Crippen LogP contribution in [-0.2, 0) is 14.6 Å². The first-order chi connectivity index (χ1) is 4.71. The van der Waals surface area contributed by atoms with E-state index in [4.69, 9.17) is 4.55 Å². The number of quaternary nitrogens is 1. The minimum atomic E-state index is -4.26. The summed E-state index contributed by atoms with van der Waals surface area (Å²) in [5.41, 5.74) is 0. The third-order valence-corrected chi connectivity index (χ3v) is 1.46. The zero-order valence-corrected chi connectivity index (χ0v) is 10.8. The number of nitrogens with zero attached hydrogens (tertiary/aromatic N) is 1. The number of hydrogen-bond acceptors (Lipinski definition) is 3. The van der Waals surface area contributed by atoms with Gasteiger partial charge >= 0.3 is 40.0 Å². The molecule has 0 aliphatic rings. The average Bonchev–Trinajstić information content (AvgIpc) is 1.55. The maximum absolute atomic E-state index is 10.0. The Kier molecular flexibility index (Phi) is 7.06. The topological polar surface area (TPSA) is 63.6 Å². The molecule has 0 unspecified atom stereocenters. The molecule has 0 aliphatic carbocycles.